The van der Waals surface area contributed by atoms with Crippen LogP contribution < -0.4 is 10.1 Å². The summed E-state index contributed by atoms with van der Waals surface area (Å²) in [4.78, 5) is 25.8. The lowest BCUT2D eigenvalue weighted by Gasteiger charge is -2.34. The third-order valence-corrected chi connectivity index (χ3v) is 5.26. The molecule has 0 spiro atoms. The molecule has 3 rings (SSSR count). The number of ketones is 1. The highest BCUT2D eigenvalue weighted by Crippen LogP contribution is 2.45. The Morgan fingerprint density at radius 2 is 2.00 bits per heavy atom. The van der Waals surface area contributed by atoms with Gasteiger partial charge in [0.2, 0.25) is 0 Å². The van der Waals surface area contributed by atoms with Crippen molar-refractivity contribution in [3.05, 3.63) is 52.4 Å². The van der Waals surface area contributed by atoms with Crippen LogP contribution in [0.5, 0.6) is 5.75 Å². The summed E-state index contributed by atoms with van der Waals surface area (Å²) in [6, 6.07) is 7.72. The molecule has 1 N–H and O–H groups in total. The molecule has 1 heterocycles. The molecule has 28 heavy (non-hydrogen) atoms. The van der Waals surface area contributed by atoms with Crippen molar-refractivity contribution in [3.63, 3.8) is 0 Å². The molecule has 150 valence electrons. The fourth-order valence-electron chi connectivity index (χ4n) is 3.95. The molecule has 0 aromatic heterocycles. The Morgan fingerprint density at radius 3 is 2.75 bits per heavy atom. The lowest BCUT2D eigenvalue weighted by molar-refractivity contribution is -0.138. The number of dihydropyridines is 1. The number of carbonyl (C=O) groups is 2. The molecule has 1 aliphatic carbocycles. The van der Waals surface area contributed by atoms with Crippen LogP contribution in [0.1, 0.15) is 64.4 Å². The molecule has 5 nitrogen and oxygen atoms in total. The minimum Gasteiger partial charge on any atom is -0.493 e. The zero-order chi connectivity index (χ0) is 20.1. The maximum Gasteiger partial charge on any atom is 0.336 e. The van der Waals surface area contributed by atoms with Gasteiger partial charge in [-0.3, -0.25) is 4.79 Å². The Labute approximate surface area is 166 Å². The number of unbranched alkanes of at least 4 members (excludes halogenated alkanes) is 1. The van der Waals surface area contributed by atoms with Crippen LogP contribution in [0, 0.1) is 0 Å². The lowest BCUT2D eigenvalue weighted by Crippen LogP contribution is -2.34. The van der Waals surface area contributed by atoms with Crippen LogP contribution in [0.4, 0.5) is 0 Å². The summed E-state index contributed by atoms with van der Waals surface area (Å²) >= 11 is 0. The number of hydrogen-bond donors (Lipinski definition) is 1. The Kier molecular flexibility index (Phi) is 6.55. The summed E-state index contributed by atoms with van der Waals surface area (Å²) in [5, 5.41) is 3.31. The molecular weight excluding hydrogens is 354 g/mol. The minimum atomic E-state index is -0.457. The number of hydrogen-bond acceptors (Lipinski definition) is 5. The fraction of sp³-hybridized carbons (Fsp3) is 0.478. The van der Waals surface area contributed by atoms with Crippen molar-refractivity contribution in [1.82, 2.24) is 5.32 Å². The quantitative estimate of drug-likeness (QED) is 0.559. The summed E-state index contributed by atoms with van der Waals surface area (Å²) in [5.41, 5.74) is 3.72. The zero-order valence-corrected chi connectivity index (χ0v) is 17.0. The number of carbonyl (C=O) groups excluding carboxylic acids is 2. The van der Waals surface area contributed by atoms with Crippen molar-refractivity contribution < 1.29 is 19.1 Å². The number of ether oxygens (including phenoxy) is 2. The fourth-order valence-corrected chi connectivity index (χ4v) is 3.95. The van der Waals surface area contributed by atoms with Crippen molar-refractivity contribution in [3.8, 4) is 5.75 Å². The molecule has 2 aliphatic rings. The highest BCUT2D eigenvalue weighted by Gasteiger charge is 2.40. The van der Waals surface area contributed by atoms with E-state index in [9.17, 15) is 9.59 Å². The largest absolute Gasteiger partial charge is 0.493 e. The van der Waals surface area contributed by atoms with Crippen LogP contribution >= 0.6 is 0 Å². The Hall–Kier alpha value is -2.56. The van der Waals surface area contributed by atoms with Crippen LogP contribution in [0.25, 0.3) is 0 Å². The van der Waals surface area contributed by atoms with E-state index in [1.807, 2.05) is 31.2 Å². The van der Waals surface area contributed by atoms with E-state index < -0.39 is 5.92 Å². The maximum atomic E-state index is 12.9. The van der Waals surface area contributed by atoms with Crippen LogP contribution in [0.15, 0.2) is 46.8 Å². The van der Waals surface area contributed by atoms with Gasteiger partial charge in [0.1, 0.15) is 5.75 Å². The third kappa shape index (κ3) is 3.98. The van der Waals surface area contributed by atoms with E-state index in [-0.39, 0.29) is 18.4 Å². The van der Waals surface area contributed by atoms with Crippen LogP contribution in [-0.2, 0) is 14.3 Å². The molecule has 1 aliphatic heterocycles. The maximum absolute atomic E-state index is 12.9. The third-order valence-electron chi connectivity index (χ3n) is 5.26. The standard InChI is InChI=1S/C23H29NO4/c1-4-6-14-28-19-13-8-7-10-16(19)21-20(23(26)27-5-2)15(3)24-17-11-9-12-18(25)22(17)21/h7-8,10,13,21,24H,4-6,9,11-12,14H2,1-3H3/t21-/m1/s1. The van der Waals surface area contributed by atoms with Crippen molar-refractivity contribution in [1.29, 1.82) is 0 Å². The number of rotatable bonds is 7. The molecule has 0 bridgehead atoms. The first-order chi connectivity index (χ1) is 13.6. The van der Waals surface area contributed by atoms with E-state index in [2.05, 4.69) is 12.2 Å². The second kappa shape index (κ2) is 9.09. The predicted molar refractivity (Wildman–Crippen MR) is 108 cm³/mol. The average molecular weight is 383 g/mol. The van der Waals surface area contributed by atoms with Gasteiger partial charge in [-0.2, -0.15) is 0 Å². The van der Waals surface area contributed by atoms with Gasteiger partial charge in [0.25, 0.3) is 0 Å². The van der Waals surface area contributed by atoms with Crippen molar-refractivity contribution in [2.45, 2.75) is 58.8 Å². The van der Waals surface area contributed by atoms with Crippen LogP contribution in [-0.4, -0.2) is 25.0 Å². The van der Waals surface area contributed by atoms with E-state index in [0.29, 0.717) is 24.2 Å². The lowest BCUT2D eigenvalue weighted by atomic mass is 9.75. The smallest absolute Gasteiger partial charge is 0.336 e. The number of Topliss-reactive ketones (excluding diaryl/α,β-unsaturated/α-hetero) is 1. The molecular formula is C23H29NO4. The van der Waals surface area contributed by atoms with E-state index in [4.69, 9.17) is 9.47 Å². The Balaban J connectivity index is 2.11. The van der Waals surface area contributed by atoms with E-state index >= 15 is 0 Å². The van der Waals surface area contributed by atoms with Gasteiger partial charge in [-0.05, 0) is 39.2 Å². The summed E-state index contributed by atoms with van der Waals surface area (Å²) < 4.78 is 11.4. The molecule has 0 fully saturated rings. The van der Waals surface area contributed by atoms with Crippen LogP contribution in [0.2, 0.25) is 0 Å². The molecule has 1 aromatic rings. The first-order valence-corrected chi connectivity index (χ1v) is 10.2. The second-order valence-corrected chi connectivity index (χ2v) is 7.23. The highest BCUT2D eigenvalue weighted by atomic mass is 16.5. The van der Waals surface area contributed by atoms with E-state index in [0.717, 1.165) is 48.4 Å². The molecule has 0 amide bonds. The topological polar surface area (TPSA) is 64.6 Å². The first-order valence-electron chi connectivity index (χ1n) is 10.2. The summed E-state index contributed by atoms with van der Waals surface area (Å²) in [6.07, 6.45) is 4.13. The number of esters is 1. The van der Waals surface area contributed by atoms with Crippen LogP contribution in [0.3, 0.4) is 0 Å². The summed E-state index contributed by atoms with van der Waals surface area (Å²) in [7, 11) is 0. The van der Waals surface area contributed by atoms with E-state index in [1.165, 1.54) is 0 Å². The second-order valence-electron chi connectivity index (χ2n) is 7.23. The molecule has 0 unspecified atom stereocenters. The SMILES string of the molecule is CCCCOc1ccccc1[C@@H]1C(C(=O)OCC)=C(C)NC2=C1C(=O)CCC2. The van der Waals surface area contributed by atoms with Crippen molar-refractivity contribution in [2.75, 3.05) is 13.2 Å². The molecule has 5 heteroatoms. The van der Waals surface area contributed by atoms with Gasteiger partial charge in [-0.1, -0.05) is 31.5 Å². The monoisotopic (exact) mass is 383 g/mol. The predicted octanol–water partition coefficient (Wildman–Crippen LogP) is 4.40. The number of para-hydroxylation sites is 1. The van der Waals surface area contributed by atoms with Gasteiger partial charge < -0.3 is 14.8 Å². The number of allylic oxidation sites excluding steroid dienone is 3. The summed E-state index contributed by atoms with van der Waals surface area (Å²) in [6.45, 7) is 6.68. The van der Waals surface area contributed by atoms with Gasteiger partial charge in [-0.25, -0.2) is 4.79 Å². The molecule has 0 radical (unpaired) electrons. The summed E-state index contributed by atoms with van der Waals surface area (Å²) in [5.74, 6) is -0.0224. The minimum absolute atomic E-state index is 0.0939. The van der Waals surface area contributed by atoms with E-state index in [1.54, 1.807) is 6.92 Å². The molecule has 1 aromatic carbocycles. The first kappa shape index (κ1) is 20.2. The van der Waals surface area contributed by atoms with Gasteiger partial charge in [0.05, 0.1) is 24.7 Å². The molecule has 0 saturated carbocycles. The van der Waals surface area contributed by atoms with Gasteiger partial charge in [0.15, 0.2) is 5.78 Å². The molecule has 1 atom stereocenters. The number of benzene rings is 1. The average Bonchev–Trinajstić information content (AvgIpc) is 2.68. The number of nitrogens with one attached hydrogen (secondary N) is 1. The van der Waals surface area contributed by atoms with Crippen molar-refractivity contribution in [2.24, 2.45) is 0 Å². The van der Waals surface area contributed by atoms with Crippen molar-refractivity contribution >= 4 is 11.8 Å². The highest BCUT2D eigenvalue weighted by molar-refractivity contribution is 6.04. The Bertz CT molecular complexity index is 822. The zero-order valence-electron chi connectivity index (χ0n) is 17.0. The van der Waals surface area contributed by atoms with Gasteiger partial charge in [0, 0.05) is 29.0 Å². The normalized spacial score (nSPS) is 19.2. The Morgan fingerprint density at radius 1 is 1.21 bits per heavy atom. The molecule has 0 saturated heterocycles. The van der Waals surface area contributed by atoms with Gasteiger partial charge >= 0.3 is 5.97 Å². The van der Waals surface area contributed by atoms with Gasteiger partial charge in [-0.15, -0.1) is 0 Å².